The van der Waals surface area contributed by atoms with Gasteiger partial charge in [0.15, 0.2) is 11.7 Å². The van der Waals surface area contributed by atoms with Gasteiger partial charge in [0.2, 0.25) is 15.9 Å². The van der Waals surface area contributed by atoms with Crippen molar-refractivity contribution in [2.45, 2.75) is 43.4 Å². The molecule has 3 aromatic rings. The van der Waals surface area contributed by atoms with Crippen molar-refractivity contribution in [3.05, 3.63) is 66.2 Å². The van der Waals surface area contributed by atoms with E-state index in [1.165, 1.54) is 28.7 Å². The summed E-state index contributed by atoms with van der Waals surface area (Å²) in [6, 6.07) is 9.25. The Kier molecular flexibility index (Phi) is 7.38. The maximum atomic E-state index is 13.9. The molecule has 1 aliphatic heterocycles. The highest BCUT2D eigenvalue weighted by Gasteiger charge is 2.25. The number of amides is 1. The van der Waals surface area contributed by atoms with Gasteiger partial charge >= 0.3 is 0 Å². The van der Waals surface area contributed by atoms with E-state index in [1.807, 2.05) is 0 Å². The zero-order valence-corrected chi connectivity index (χ0v) is 19.3. The second-order valence-electron chi connectivity index (χ2n) is 8.13. The van der Waals surface area contributed by atoms with Crippen LogP contribution in [-0.4, -0.2) is 36.7 Å². The van der Waals surface area contributed by atoms with Gasteiger partial charge in [-0.05, 0) is 49.2 Å². The minimum absolute atomic E-state index is 0.0552. The van der Waals surface area contributed by atoms with Gasteiger partial charge in [-0.25, -0.2) is 22.2 Å². The van der Waals surface area contributed by atoms with E-state index in [1.54, 1.807) is 12.1 Å². The van der Waals surface area contributed by atoms with Crippen molar-refractivity contribution in [2.75, 3.05) is 18.4 Å². The third kappa shape index (κ3) is 5.68. The van der Waals surface area contributed by atoms with Gasteiger partial charge in [0, 0.05) is 37.7 Å². The third-order valence-corrected chi connectivity index (χ3v) is 7.57. The van der Waals surface area contributed by atoms with Crippen molar-refractivity contribution in [2.24, 2.45) is 0 Å². The standard InChI is InChI=1S/C24H25F2N3O4S/c25-17-5-10-20(21(26)15-17)22-16-27-24(33-22)12-11-23(30)28-18-6-8-19(9-7-18)34(31,32)29-13-3-1-2-4-14-29/h5-10,15-16H,1-4,11-14H2,(H,28,30). The summed E-state index contributed by atoms with van der Waals surface area (Å²) in [5.41, 5.74) is 0.557. The van der Waals surface area contributed by atoms with E-state index in [0.29, 0.717) is 18.8 Å². The molecule has 1 aromatic heterocycles. The number of carbonyl (C=O) groups is 1. The number of anilines is 1. The highest BCUT2D eigenvalue weighted by atomic mass is 32.2. The third-order valence-electron chi connectivity index (χ3n) is 5.66. The first-order valence-electron chi connectivity index (χ1n) is 11.1. The van der Waals surface area contributed by atoms with Gasteiger partial charge < -0.3 is 9.73 Å². The first kappa shape index (κ1) is 24.0. The fourth-order valence-corrected chi connectivity index (χ4v) is 5.34. The summed E-state index contributed by atoms with van der Waals surface area (Å²) in [4.78, 5) is 16.6. The number of rotatable bonds is 7. The lowest BCUT2D eigenvalue weighted by Crippen LogP contribution is -2.31. The van der Waals surface area contributed by atoms with Crippen LogP contribution in [0, 0.1) is 11.6 Å². The number of benzene rings is 2. The lowest BCUT2D eigenvalue weighted by Gasteiger charge is -2.20. The molecule has 0 atom stereocenters. The molecular weight excluding hydrogens is 464 g/mol. The molecule has 0 unspecified atom stereocenters. The molecule has 0 spiro atoms. The van der Waals surface area contributed by atoms with Crippen molar-refractivity contribution in [3.63, 3.8) is 0 Å². The summed E-state index contributed by atoms with van der Waals surface area (Å²) in [6.07, 6.45) is 5.35. The molecule has 180 valence electrons. The summed E-state index contributed by atoms with van der Waals surface area (Å²) in [5.74, 6) is -1.37. The number of oxazole rings is 1. The van der Waals surface area contributed by atoms with Gasteiger partial charge in [-0.15, -0.1) is 0 Å². The molecule has 1 aliphatic rings. The molecule has 34 heavy (non-hydrogen) atoms. The van der Waals surface area contributed by atoms with Gasteiger partial charge in [-0.1, -0.05) is 12.8 Å². The zero-order chi connectivity index (χ0) is 24.1. The number of aryl methyl sites for hydroxylation is 1. The topological polar surface area (TPSA) is 92.5 Å². The molecule has 0 bridgehead atoms. The Hall–Kier alpha value is -3.11. The molecule has 0 aliphatic carbocycles. The van der Waals surface area contributed by atoms with Crippen LogP contribution in [0.5, 0.6) is 0 Å². The Labute approximate surface area is 196 Å². The van der Waals surface area contributed by atoms with Crippen LogP contribution in [0.1, 0.15) is 38.0 Å². The summed E-state index contributed by atoms with van der Waals surface area (Å²) in [7, 11) is -3.55. The number of nitrogens with zero attached hydrogens (tertiary/aromatic N) is 2. The molecular formula is C24H25F2N3O4S. The summed E-state index contributed by atoms with van der Waals surface area (Å²) < 4.78 is 59.7. The Morgan fingerprint density at radius 3 is 2.41 bits per heavy atom. The molecule has 2 heterocycles. The van der Waals surface area contributed by atoms with Crippen LogP contribution in [-0.2, 0) is 21.2 Å². The average Bonchev–Trinajstić information content (AvgIpc) is 3.09. The van der Waals surface area contributed by atoms with Gasteiger partial charge in [0.1, 0.15) is 11.6 Å². The van der Waals surface area contributed by atoms with E-state index in [9.17, 15) is 22.0 Å². The van der Waals surface area contributed by atoms with Crippen LogP contribution in [0.15, 0.2) is 58.0 Å². The van der Waals surface area contributed by atoms with Crippen molar-refractivity contribution in [3.8, 4) is 11.3 Å². The van der Waals surface area contributed by atoms with Crippen LogP contribution in [0.25, 0.3) is 11.3 Å². The molecule has 1 saturated heterocycles. The van der Waals surface area contributed by atoms with Gasteiger partial charge in [0.05, 0.1) is 16.7 Å². The average molecular weight is 490 g/mol. The zero-order valence-electron chi connectivity index (χ0n) is 18.5. The molecule has 1 N–H and O–H groups in total. The smallest absolute Gasteiger partial charge is 0.243 e. The van der Waals surface area contributed by atoms with Gasteiger partial charge in [-0.2, -0.15) is 4.31 Å². The lowest BCUT2D eigenvalue weighted by molar-refractivity contribution is -0.116. The first-order valence-corrected chi connectivity index (χ1v) is 12.6. The second kappa shape index (κ2) is 10.4. The molecule has 0 radical (unpaired) electrons. The van der Waals surface area contributed by atoms with Crippen LogP contribution in [0.2, 0.25) is 0 Å². The van der Waals surface area contributed by atoms with E-state index < -0.39 is 21.7 Å². The number of hydrogen-bond acceptors (Lipinski definition) is 5. The van der Waals surface area contributed by atoms with Crippen molar-refractivity contribution < 1.29 is 26.4 Å². The van der Waals surface area contributed by atoms with Gasteiger partial charge in [-0.3, -0.25) is 4.79 Å². The van der Waals surface area contributed by atoms with E-state index in [-0.39, 0.29) is 40.9 Å². The summed E-state index contributed by atoms with van der Waals surface area (Å²) >= 11 is 0. The SMILES string of the molecule is O=C(CCc1ncc(-c2ccc(F)cc2F)o1)Nc1ccc(S(=O)(=O)N2CCCCCC2)cc1. The van der Waals surface area contributed by atoms with E-state index in [2.05, 4.69) is 10.3 Å². The summed E-state index contributed by atoms with van der Waals surface area (Å²) in [5, 5.41) is 2.72. The minimum Gasteiger partial charge on any atom is -0.441 e. The molecule has 10 heteroatoms. The monoisotopic (exact) mass is 489 g/mol. The predicted molar refractivity (Wildman–Crippen MR) is 122 cm³/mol. The second-order valence-corrected chi connectivity index (χ2v) is 10.1. The molecule has 0 saturated carbocycles. The molecule has 4 rings (SSSR count). The predicted octanol–water partition coefficient (Wildman–Crippen LogP) is 4.76. The van der Waals surface area contributed by atoms with E-state index in [0.717, 1.165) is 37.8 Å². The van der Waals surface area contributed by atoms with Crippen LogP contribution >= 0.6 is 0 Å². The van der Waals surface area contributed by atoms with Gasteiger partial charge in [0.25, 0.3) is 0 Å². The molecule has 2 aromatic carbocycles. The Morgan fingerprint density at radius 2 is 1.74 bits per heavy atom. The highest BCUT2D eigenvalue weighted by Crippen LogP contribution is 2.25. The molecule has 1 fully saturated rings. The van der Waals surface area contributed by atoms with Crippen LogP contribution in [0.4, 0.5) is 14.5 Å². The quantitative estimate of drug-likeness (QED) is 0.517. The molecule has 1 amide bonds. The van der Waals surface area contributed by atoms with Crippen molar-refractivity contribution >= 4 is 21.6 Å². The number of nitrogens with one attached hydrogen (secondary N) is 1. The maximum absolute atomic E-state index is 13.9. The molecule has 7 nitrogen and oxygen atoms in total. The normalized spacial score (nSPS) is 15.1. The fraction of sp³-hybridized carbons (Fsp3) is 0.333. The van der Waals surface area contributed by atoms with E-state index in [4.69, 9.17) is 4.42 Å². The number of halogens is 2. The van der Waals surface area contributed by atoms with E-state index >= 15 is 0 Å². The van der Waals surface area contributed by atoms with Crippen molar-refractivity contribution in [1.82, 2.24) is 9.29 Å². The number of aromatic nitrogens is 1. The number of hydrogen-bond donors (Lipinski definition) is 1. The number of carbonyl (C=O) groups excluding carboxylic acids is 1. The number of sulfonamides is 1. The fourth-order valence-electron chi connectivity index (χ4n) is 3.82. The van der Waals surface area contributed by atoms with Crippen LogP contribution in [0.3, 0.4) is 0 Å². The first-order chi connectivity index (χ1) is 16.3. The summed E-state index contributed by atoms with van der Waals surface area (Å²) in [6.45, 7) is 1.05. The Morgan fingerprint density at radius 1 is 1.03 bits per heavy atom. The minimum atomic E-state index is -3.55. The Bertz CT molecular complexity index is 1250. The highest BCUT2D eigenvalue weighted by molar-refractivity contribution is 7.89. The van der Waals surface area contributed by atoms with Crippen molar-refractivity contribution in [1.29, 1.82) is 0 Å². The maximum Gasteiger partial charge on any atom is 0.243 e. The Balaban J connectivity index is 1.33. The van der Waals surface area contributed by atoms with Crippen LogP contribution < -0.4 is 5.32 Å². The lowest BCUT2D eigenvalue weighted by atomic mass is 10.2. The largest absolute Gasteiger partial charge is 0.441 e.